The Balaban J connectivity index is 1.86. The van der Waals surface area contributed by atoms with Crippen molar-refractivity contribution in [3.05, 3.63) is 40.5 Å². The number of amides is 1. The van der Waals surface area contributed by atoms with Gasteiger partial charge in [-0.3, -0.25) is 4.79 Å². The van der Waals surface area contributed by atoms with E-state index in [0.717, 1.165) is 33.7 Å². The molecule has 0 spiro atoms. The monoisotopic (exact) mass is 355 g/mol. The van der Waals surface area contributed by atoms with Crippen LogP contribution >= 0.6 is 0 Å². The normalized spacial score (nSPS) is 12.7. The molecule has 0 aliphatic carbocycles. The Kier molecular flexibility index (Phi) is 4.80. The van der Waals surface area contributed by atoms with Crippen molar-refractivity contribution in [2.45, 2.75) is 60.0 Å². The minimum Gasteiger partial charge on any atom is -0.361 e. The number of aromatic nitrogens is 4. The predicted molar refractivity (Wildman–Crippen MR) is 99.3 cm³/mol. The van der Waals surface area contributed by atoms with Gasteiger partial charge < -0.3 is 9.84 Å². The van der Waals surface area contributed by atoms with Gasteiger partial charge in [0.2, 0.25) is 0 Å². The van der Waals surface area contributed by atoms with Gasteiger partial charge in [-0.05, 0) is 54.0 Å². The number of hydrogen-bond donors (Lipinski definition) is 1. The zero-order valence-corrected chi connectivity index (χ0v) is 16.1. The van der Waals surface area contributed by atoms with Gasteiger partial charge in [-0.1, -0.05) is 5.16 Å². The van der Waals surface area contributed by atoms with Crippen LogP contribution in [-0.2, 0) is 6.42 Å². The summed E-state index contributed by atoms with van der Waals surface area (Å²) in [4.78, 5) is 17.4. The van der Waals surface area contributed by atoms with E-state index in [4.69, 9.17) is 4.52 Å². The van der Waals surface area contributed by atoms with Gasteiger partial charge in [0, 0.05) is 23.3 Å². The number of fused-ring (bicyclic) bond motifs is 1. The first-order chi connectivity index (χ1) is 12.3. The van der Waals surface area contributed by atoms with E-state index < -0.39 is 0 Å². The maximum atomic E-state index is 12.9. The summed E-state index contributed by atoms with van der Waals surface area (Å²) in [5, 5.41) is 12.2. The quantitative estimate of drug-likeness (QED) is 0.759. The van der Waals surface area contributed by atoms with Crippen LogP contribution in [-0.4, -0.2) is 31.9 Å². The molecule has 3 rings (SSSR count). The second kappa shape index (κ2) is 6.90. The summed E-state index contributed by atoms with van der Waals surface area (Å²) < 4.78 is 7.04. The molecule has 7 heteroatoms. The fraction of sp³-hybridized carbons (Fsp3) is 0.474. The molecule has 3 aromatic heterocycles. The summed E-state index contributed by atoms with van der Waals surface area (Å²) in [5.41, 5.74) is 4.04. The smallest absolute Gasteiger partial charge is 0.252 e. The molecule has 0 saturated heterocycles. The molecule has 0 aromatic carbocycles. The molecule has 0 bridgehead atoms. The Morgan fingerprint density at radius 1 is 1.27 bits per heavy atom. The fourth-order valence-electron chi connectivity index (χ4n) is 3.16. The summed E-state index contributed by atoms with van der Waals surface area (Å²) >= 11 is 0. The molecule has 0 radical (unpaired) electrons. The van der Waals surface area contributed by atoms with Crippen molar-refractivity contribution < 1.29 is 9.32 Å². The molecule has 0 saturated carbocycles. The van der Waals surface area contributed by atoms with Gasteiger partial charge in [-0.25, -0.2) is 9.67 Å². The molecule has 1 amide bonds. The topological polar surface area (TPSA) is 85.8 Å². The second-order valence-corrected chi connectivity index (χ2v) is 7.11. The number of pyridine rings is 1. The number of carbonyl (C=O) groups excluding carboxylic acids is 1. The highest BCUT2D eigenvalue weighted by Crippen LogP contribution is 2.21. The van der Waals surface area contributed by atoms with Crippen LogP contribution in [0, 0.1) is 20.8 Å². The van der Waals surface area contributed by atoms with Crippen molar-refractivity contribution in [1.29, 1.82) is 0 Å². The van der Waals surface area contributed by atoms with Gasteiger partial charge in [-0.15, -0.1) is 0 Å². The summed E-state index contributed by atoms with van der Waals surface area (Å²) in [6.07, 6.45) is 2.39. The standard InChI is InChI=1S/C19H25N5O2/c1-10(2)24-18-17(9-20-24)16(8-11(3)21-18)19(25)22-12(4)7-15-13(5)23-26-14(15)6/h8-10,12H,7H2,1-6H3,(H,22,25). The lowest BCUT2D eigenvalue weighted by Crippen LogP contribution is -2.34. The largest absolute Gasteiger partial charge is 0.361 e. The lowest BCUT2D eigenvalue weighted by molar-refractivity contribution is 0.0941. The van der Waals surface area contributed by atoms with E-state index in [1.807, 2.05) is 52.3 Å². The Bertz CT molecular complexity index is 935. The molecule has 0 fully saturated rings. The fourth-order valence-corrected chi connectivity index (χ4v) is 3.16. The first kappa shape index (κ1) is 18.1. The van der Waals surface area contributed by atoms with E-state index in [1.165, 1.54) is 0 Å². The SMILES string of the molecule is Cc1cc(C(=O)NC(C)Cc2c(C)noc2C)c2cnn(C(C)C)c2n1. The van der Waals surface area contributed by atoms with E-state index >= 15 is 0 Å². The summed E-state index contributed by atoms with van der Waals surface area (Å²) in [6.45, 7) is 11.8. The van der Waals surface area contributed by atoms with Crippen LogP contribution in [0.3, 0.4) is 0 Å². The van der Waals surface area contributed by atoms with Gasteiger partial charge >= 0.3 is 0 Å². The molecule has 3 heterocycles. The molecular weight excluding hydrogens is 330 g/mol. The lowest BCUT2D eigenvalue weighted by Gasteiger charge is -2.15. The number of nitrogens with one attached hydrogen (secondary N) is 1. The van der Waals surface area contributed by atoms with Gasteiger partial charge in [0.15, 0.2) is 5.65 Å². The van der Waals surface area contributed by atoms with Gasteiger partial charge in [0.1, 0.15) is 5.76 Å². The van der Waals surface area contributed by atoms with E-state index in [1.54, 1.807) is 6.20 Å². The molecule has 1 unspecified atom stereocenters. The molecule has 0 aliphatic rings. The minimum atomic E-state index is -0.122. The Hall–Kier alpha value is -2.70. The van der Waals surface area contributed by atoms with Crippen molar-refractivity contribution in [3.8, 4) is 0 Å². The molecule has 1 N–H and O–H groups in total. The molecule has 0 aliphatic heterocycles. The Labute approximate surface area is 152 Å². The van der Waals surface area contributed by atoms with E-state index in [9.17, 15) is 4.79 Å². The Morgan fingerprint density at radius 3 is 2.62 bits per heavy atom. The van der Waals surface area contributed by atoms with Crippen molar-refractivity contribution >= 4 is 16.9 Å². The zero-order valence-electron chi connectivity index (χ0n) is 16.1. The first-order valence-corrected chi connectivity index (χ1v) is 8.85. The van der Waals surface area contributed by atoms with Crippen molar-refractivity contribution in [2.24, 2.45) is 0 Å². The average Bonchev–Trinajstić information content (AvgIpc) is 3.12. The summed E-state index contributed by atoms with van der Waals surface area (Å²) in [5.74, 6) is 0.673. The molecule has 1 atom stereocenters. The van der Waals surface area contributed by atoms with Crippen molar-refractivity contribution in [1.82, 2.24) is 25.2 Å². The first-order valence-electron chi connectivity index (χ1n) is 8.85. The third kappa shape index (κ3) is 3.34. The summed E-state index contributed by atoms with van der Waals surface area (Å²) in [7, 11) is 0. The van der Waals surface area contributed by atoms with Gasteiger partial charge in [-0.2, -0.15) is 5.10 Å². The highest BCUT2D eigenvalue weighted by molar-refractivity contribution is 6.05. The van der Waals surface area contributed by atoms with E-state index in [0.29, 0.717) is 12.0 Å². The van der Waals surface area contributed by atoms with Crippen LogP contribution in [0.1, 0.15) is 59.9 Å². The van der Waals surface area contributed by atoms with Crippen LogP contribution in [0.25, 0.3) is 11.0 Å². The highest BCUT2D eigenvalue weighted by Gasteiger charge is 2.19. The Morgan fingerprint density at radius 2 is 2.00 bits per heavy atom. The van der Waals surface area contributed by atoms with Gasteiger partial charge in [0.25, 0.3) is 5.91 Å². The van der Waals surface area contributed by atoms with Crippen molar-refractivity contribution in [3.63, 3.8) is 0 Å². The number of carbonyl (C=O) groups is 1. The van der Waals surface area contributed by atoms with E-state index in [-0.39, 0.29) is 18.0 Å². The number of aryl methyl sites for hydroxylation is 3. The third-order valence-corrected chi connectivity index (χ3v) is 4.50. The molecule has 26 heavy (non-hydrogen) atoms. The molecule has 7 nitrogen and oxygen atoms in total. The second-order valence-electron chi connectivity index (χ2n) is 7.11. The van der Waals surface area contributed by atoms with Crippen LogP contribution in [0.15, 0.2) is 16.8 Å². The van der Waals surface area contributed by atoms with Crippen LogP contribution in [0.4, 0.5) is 0 Å². The average molecular weight is 355 g/mol. The number of nitrogens with zero attached hydrogens (tertiary/aromatic N) is 4. The minimum absolute atomic E-state index is 0.0528. The summed E-state index contributed by atoms with van der Waals surface area (Å²) in [6, 6.07) is 1.94. The number of rotatable bonds is 5. The highest BCUT2D eigenvalue weighted by atomic mass is 16.5. The number of hydrogen-bond acceptors (Lipinski definition) is 5. The molecule has 3 aromatic rings. The van der Waals surface area contributed by atoms with E-state index in [2.05, 4.69) is 20.6 Å². The molecule has 138 valence electrons. The maximum absolute atomic E-state index is 12.9. The maximum Gasteiger partial charge on any atom is 0.252 e. The van der Waals surface area contributed by atoms with Crippen LogP contribution in [0.5, 0.6) is 0 Å². The van der Waals surface area contributed by atoms with Crippen LogP contribution in [0.2, 0.25) is 0 Å². The predicted octanol–water partition coefficient (Wildman–Crippen LogP) is 3.29. The third-order valence-electron chi connectivity index (χ3n) is 4.50. The van der Waals surface area contributed by atoms with Crippen LogP contribution < -0.4 is 5.32 Å². The lowest BCUT2D eigenvalue weighted by atomic mass is 10.0. The molecular formula is C19H25N5O2. The zero-order chi connectivity index (χ0) is 19.0. The van der Waals surface area contributed by atoms with Gasteiger partial charge in [0.05, 0.1) is 22.8 Å². The van der Waals surface area contributed by atoms with Crippen molar-refractivity contribution in [2.75, 3.05) is 0 Å².